The van der Waals surface area contributed by atoms with Gasteiger partial charge in [-0.1, -0.05) is 17.3 Å². The highest BCUT2D eigenvalue weighted by molar-refractivity contribution is 5.79. The summed E-state index contributed by atoms with van der Waals surface area (Å²) in [7, 11) is 0. The van der Waals surface area contributed by atoms with Crippen LogP contribution in [0.25, 0.3) is 33.3 Å². The first-order chi connectivity index (χ1) is 16.2. The molecular formula is C24H22N8O. The third-order valence-electron chi connectivity index (χ3n) is 6.04. The topological polar surface area (TPSA) is 94.6 Å². The van der Waals surface area contributed by atoms with Crippen molar-refractivity contribution in [3.63, 3.8) is 0 Å². The molecule has 0 radical (unpaired) electrons. The molecule has 9 nitrogen and oxygen atoms in total. The molecule has 0 bridgehead atoms. The van der Waals surface area contributed by atoms with Gasteiger partial charge in [0.05, 0.1) is 24.0 Å². The van der Waals surface area contributed by atoms with Crippen LogP contribution in [-0.2, 0) is 17.9 Å². The molecular weight excluding hydrogens is 416 g/mol. The van der Waals surface area contributed by atoms with Gasteiger partial charge in [0.25, 0.3) is 0 Å². The van der Waals surface area contributed by atoms with E-state index in [9.17, 15) is 4.79 Å². The van der Waals surface area contributed by atoms with E-state index in [1.165, 1.54) is 0 Å². The highest BCUT2D eigenvalue weighted by Crippen LogP contribution is 2.21. The van der Waals surface area contributed by atoms with Crippen molar-refractivity contribution < 1.29 is 4.79 Å². The second-order valence-corrected chi connectivity index (χ2v) is 8.33. The SMILES string of the molecule is O=C(Cn1cc(-c2ccc3nnn(Cc4ccc5ncccc5c4)c3n2)cn1)N1CCCC1. The minimum Gasteiger partial charge on any atom is -0.341 e. The minimum atomic E-state index is 0.110. The van der Waals surface area contributed by atoms with Crippen LogP contribution in [0.1, 0.15) is 18.4 Å². The molecule has 33 heavy (non-hydrogen) atoms. The van der Waals surface area contributed by atoms with Crippen LogP contribution in [0.3, 0.4) is 0 Å². The van der Waals surface area contributed by atoms with E-state index < -0.39 is 0 Å². The van der Waals surface area contributed by atoms with Crippen molar-refractivity contribution in [1.82, 2.24) is 39.6 Å². The Balaban J connectivity index is 1.25. The smallest absolute Gasteiger partial charge is 0.244 e. The van der Waals surface area contributed by atoms with E-state index in [1.54, 1.807) is 21.8 Å². The van der Waals surface area contributed by atoms with Crippen molar-refractivity contribution in [2.24, 2.45) is 0 Å². The van der Waals surface area contributed by atoms with Crippen molar-refractivity contribution in [3.8, 4) is 11.3 Å². The third-order valence-corrected chi connectivity index (χ3v) is 6.04. The third kappa shape index (κ3) is 3.82. The summed E-state index contributed by atoms with van der Waals surface area (Å²) in [5, 5.41) is 14.0. The quantitative estimate of drug-likeness (QED) is 0.419. The molecule has 0 unspecified atom stereocenters. The average Bonchev–Trinajstić information content (AvgIpc) is 3.61. The van der Waals surface area contributed by atoms with Crippen LogP contribution < -0.4 is 0 Å². The molecule has 0 aliphatic carbocycles. The molecule has 1 aliphatic heterocycles. The fraction of sp³-hybridized carbons (Fsp3) is 0.250. The average molecular weight is 438 g/mol. The fourth-order valence-corrected chi connectivity index (χ4v) is 4.30. The Kier molecular flexibility index (Phi) is 4.79. The van der Waals surface area contributed by atoms with Gasteiger partial charge in [0, 0.05) is 36.4 Å². The molecule has 5 heterocycles. The Morgan fingerprint density at radius 3 is 2.82 bits per heavy atom. The monoisotopic (exact) mass is 438 g/mol. The molecule has 0 atom stereocenters. The Bertz CT molecular complexity index is 1460. The summed E-state index contributed by atoms with van der Waals surface area (Å²) < 4.78 is 3.48. The molecule has 4 aromatic heterocycles. The van der Waals surface area contributed by atoms with Gasteiger partial charge in [-0.15, -0.1) is 5.10 Å². The molecule has 6 rings (SSSR count). The number of benzene rings is 1. The van der Waals surface area contributed by atoms with E-state index in [0.717, 1.165) is 59.2 Å². The van der Waals surface area contributed by atoms with Gasteiger partial charge in [0.15, 0.2) is 5.65 Å². The molecule has 1 amide bonds. The van der Waals surface area contributed by atoms with Crippen molar-refractivity contribution in [3.05, 3.63) is 66.6 Å². The molecule has 1 saturated heterocycles. The van der Waals surface area contributed by atoms with Crippen LogP contribution in [0.5, 0.6) is 0 Å². The lowest BCUT2D eigenvalue weighted by atomic mass is 10.1. The van der Waals surface area contributed by atoms with Crippen LogP contribution in [-0.4, -0.2) is 58.6 Å². The van der Waals surface area contributed by atoms with Crippen LogP contribution in [0, 0.1) is 0 Å². The minimum absolute atomic E-state index is 0.110. The molecule has 164 valence electrons. The van der Waals surface area contributed by atoms with Crippen LogP contribution >= 0.6 is 0 Å². The maximum atomic E-state index is 12.4. The summed E-state index contributed by atoms with van der Waals surface area (Å²) in [5.74, 6) is 0.110. The summed E-state index contributed by atoms with van der Waals surface area (Å²) in [4.78, 5) is 23.5. The predicted octanol–water partition coefficient (Wildman–Crippen LogP) is 2.91. The van der Waals surface area contributed by atoms with Gasteiger partial charge < -0.3 is 4.90 Å². The van der Waals surface area contributed by atoms with Gasteiger partial charge in [-0.05, 0) is 48.7 Å². The molecule has 9 heteroatoms. The second kappa shape index (κ2) is 8.09. The normalized spacial score (nSPS) is 13.9. The number of fused-ring (bicyclic) bond motifs is 2. The van der Waals surface area contributed by atoms with Crippen LogP contribution in [0.2, 0.25) is 0 Å². The van der Waals surface area contributed by atoms with E-state index in [-0.39, 0.29) is 12.5 Å². The van der Waals surface area contributed by atoms with Gasteiger partial charge in [-0.2, -0.15) is 5.10 Å². The van der Waals surface area contributed by atoms with Crippen LogP contribution in [0.4, 0.5) is 0 Å². The molecule has 1 aliphatic rings. The molecule has 0 N–H and O–H groups in total. The Hall–Kier alpha value is -4.14. The summed E-state index contributed by atoms with van der Waals surface area (Å²) in [6.07, 6.45) is 7.57. The summed E-state index contributed by atoms with van der Waals surface area (Å²) in [5.41, 5.74) is 5.13. The van der Waals surface area contributed by atoms with E-state index in [0.29, 0.717) is 12.2 Å². The number of carbonyl (C=O) groups excluding carboxylic acids is 1. The predicted molar refractivity (Wildman–Crippen MR) is 123 cm³/mol. The number of nitrogens with zero attached hydrogens (tertiary/aromatic N) is 8. The zero-order valence-corrected chi connectivity index (χ0v) is 18.0. The second-order valence-electron chi connectivity index (χ2n) is 8.33. The van der Waals surface area contributed by atoms with Crippen molar-refractivity contribution in [2.45, 2.75) is 25.9 Å². The first kappa shape index (κ1) is 19.5. The summed E-state index contributed by atoms with van der Waals surface area (Å²) in [6.45, 7) is 2.49. The van der Waals surface area contributed by atoms with Gasteiger partial charge in [-0.25, -0.2) is 9.67 Å². The van der Waals surface area contributed by atoms with E-state index in [2.05, 4.69) is 26.5 Å². The Morgan fingerprint density at radius 1 is 1.03 bits per heavy atom. The number of pyridine rings is 2. The number of rotatable bonds is 5. The molecule has 5 aromatic rings. The van der Waals surface area contributed by atoms with Gasteiger partial charge in [0.2, 0.25) is 5.91 Å². The van der Waals surface area contributed by atoms with Crippen molar-refractivity contribution >= 4 is 28.0 Å². The van der Waals surface area contributed by atoms with Gasteiger partial charge in [0.1, 0.15) is 12.1 Å². The molecule has 0 spiro atoms. The maximum absolute atomic E-state index is 12.4. The molecule has 1 aromatic carbocycles. The van der Waals surface area contributed by atoms with Crippen molar-refractivity contribution in [1.29, 1.82) is 0 Å². The van der Waals surface area contributed by atoms with E-state index in [4.69, 9.17) is 4.98 Å². The number of likely N-dealkylation sites (tertiary alicyclic amines) is 1. The number of hydrogen-bond acceptors (Lipinski definition) is 6. The summed E-state index contributed by atoms with van der Waals surface area (Å²) >= 11 is 0. The van der Waals surface area contributed by atoms with Crippen LogP contribution in [0.15, 0.2) is 61.1 Å². The van der Waals surface area contributed by atoms with Gasteiger partial charge >= 0.3 is 0 Å². The molecule has 0 saturated carbocycles. The number of hydrogen-bond donors (Lipinski definition) is 0. The zero-order chi connectivity index (χ0) is 22.2. The number of carbonyl (C=O) groups is 1. The van der Waals surface area contributed by atoms with Crippen molar-refractivity contribution in [2.75, 3.05) is 13.1 Å². The van der Waals surface area contributed by atoms with Gasteiger partial charge in [-0.3, -0.25) is 14.5 Å². The van der Waals surface area contributed by atoms with E-state index in [1.807, 2.05) is 47.5 Å². The fourth-order valence-electron chi connectivity index (χ4n) is 4.30. The number of aromatic nitrogens is 7. The standard InChI is InChI=1S/C24H22N8O/c33-23(30-10-1-2-11-30)16-31-15-19(13-26-31)21-7-8-22-24(27-21)32(29-28-22)14-17-5-6-20-18(12-17)4-3-9-25-20/h3-9,12-13,15H,1-2,10-11,14,16H2. The Labute approximate surface area is 189 Å². The first-order valence-electron chi connectivity index (χ1n) is 11.1. The first-order valence-corrected chi connectivity index (χ1v) is 11.1. The highest BCUT2D eigenvalue weighted by Gasteiger charge is 2.18. The number of amides is 1. The summed E-state index contributed by atoms with van der Waals surface area (Å²) in [6, 6.07) is 14.0. The lowest BCUT2D eigenvalue weighted by molar-refractivity contribution is -0.130. The molecule has 1 fully saturated rings. The van der Waals surface area contributed by atoms with E-state index >= 15 is 0 Å². The maximum Gasteiger partial charge on any atom is 0.244 e. The lowest BCUT2D eigenvalue weighted by Gasteiger charge is -2.14. The zero-order valence-electron chi connectivity index (χ0n) is 18.0. The highest BCUT2D eigenvalue weighted by atomic mass is 16.2. The lowest BCUT2D eigenvalue weighted by Crippen LogP contribution is -2.31. The Morgan fingerprint density at radius 2 is 1.91 bits per heavy atom. The largest absolute Gasteiger partial charge is 0.341 e.